The van der Waals surface area contributed by atoms with Gasteiger partial charge in [-0.05, 0) is 24.8 Å². The molecule has 1 aliphatic carbocycles. The Morgan fingerprint density at radius 2 is 2.16 bits per heavy atom. The van der Waals surface area contributed by atoms with E-state index in [0.717, 1.165) is 47.8 Å². The summed E-state index contributed by atoms with van der Waals surface area (Å²) in [6.45, 7) is 0.845. The number of thioether (sulfide) groups is 1. The van der Waals surface area contributed by atoms with Gasteiger partial charge in [-0.1, -0.05) is 11.8 Å². The Balaban J connectivity index is 1.74. The Labute approximate surface area is 147 Å². The fourth-order valence-corrected chi connectivity index (χ4v) is 7.98. The summed E-state index contributed by atoms with van der Waals surface area (Å²) in [5.41, 5.74) is 3.43. The third-order valence-electron chi connectivity index (χ3n) is 7.22. The Morgan fingerprint density at radius 1 is 1.28 bits per heavy atom. The van der Waals surface area contributed by atoms with Crippen molar-refractivity contribution in [3.05, 3.63) is 16.1 Å². The van der Waals surface area contributed by atoms with Gasteiger partial charge in [-0.3, -0.25) is 9.98 Å². The molecule has 3 bridgehead atoms. The predicted octanol–water partition coefficient (Wildman–Crippen LogP) is 0.0284. The molecule has 25 heavy (non-hydrogen) atoms. The highest BCUT2D eigenvalue weighted by molar-refractivity contribution is 8.01. The summed E-state index contributed by atoms with van der Waals surface area (Å²) in [5.74, 6) is 0.167. The van der Waals surface area contributed by atoms with E-state index in [1.54, 1.807) is 0 Å². The quantitative estimate of drug-likeness (QED) is 0.611. The molecule has 5 atom stereocenters. The Bertz CT molecular complexity index is 1050. The first-order chi connectivity index (χ1) is 12.0. The molecule has 5 aliphatic heterocycles. The number of aliphatic hydroxyl groups excluding tert-OH is 1. The number of fused-ring (bicyclic) bond motifs is 3. The standard InChI is InChI=1S/C18H17N3O3S/c22-9-4-18(24)17-3-8(9)21-2-1-7-6-19-13-11(7)15(21)12(17)14(16(13)23)20-10(5-17)25-18/h6,8-10,22-24H,1-5H2. The van der Waals surface area contributed by atoms with Gasteiger partial charge in [-0.25, -0.2) is 0 Å². The molecule has 1 saturated carbocycles. The Hall–Kier alpha value is -1.57. The van der Waals surface area contributed by atoms with Crippen LogP contribution >= 0.6 is 11.8 Å². The Morgan fingerprint density at radius 3 is 3.04 bits per heavy atom. The van der Waals surface area contributed by atoms with Crippen LogP contribution in [-0.4, -0.2) is 50.5 Å². The van der Waals surface area contributed by atoms with Crippen LogP contribution in [0.5, 0.6) is 5.75 Å². The van der Waals surface area contributed by atoms with E-state index in [1.807, 2.05) is 6.21 Å². The molecular weight excluding hydrogens is 338 g/mol. The number of nitrogens with zero attached hydrogens (tertiary/aromatic N) is 3. The lowest BCUT2D eigenvalue weighted by molar-refractivity contribution is -0.0556. The van der Waals surface area contributed by atoms with Crippen molar-refractivity contribution in [2.45, 2.75) is 53.6 Å². The van der Waals surface area contributed by atoms with Crippen LogP contribution < -0.4 is 15.5 Å². The van der Waals surface area contributed by atoms with Crippen LogP contribution in [0.25, 0.3) is 5.57 Å². The average molecular weight is 355 g/mol. The fourth-order valence-electron chi connectivity index (χ4n) is 6.24. The van der Waals surface area contributed by atoms with Gasteiger partial charge in [0.05, 0.1) is 23.2 Å². The summed E-state index contributed by atoms with van der Waals surface area (Å²) in [6, 6.07) is 0.0221. The van der Waals surface area contributed by atoms with Crippen molar-refractivity contribution in [3.8, 4) is 5.75 Å². The predicted molar refractivity (Wildman–Crippen MR) is 94.1 cm³/mol. The fraction of sp³-hybridized carbons (Fsp3) is 0.556. The van der Waals surface area contributed by atoms with Gasteiger partial charge in [0.15, 0.2) is 5.75 Å². The highest BCUT2D eigenvalue weighted by Gasteiger charge is 2.69. The number of hydrogen-bond acceptors (Lipinski definition) is 7. The average Bonchev–Trinajstić information content (AvgIpc) is 3.09. The SMILES string of the molecule is Oc1c2c3c4c5c1=NC1CC56CC(C(O)CC6(O)S1)N4CCC=3C=N2. The molecule has 1 spiro atoms. The summed E-state index contributed by atoms with van der Waals surface area (Å²) in [7, 11) is 0. The maximum absolute atomic E-state index is 11.5. The molecule has 3 N–H and O–H groups in total. The summed E-state index contributed by atoms with van der Waals surface area (Å²) >= 11 is 1.47. The third kappa shape index (κ3) is 1.22. The maximum Gasteiger partial charge on any atom is 0.167 e. The molecule has 128 valence electrons. The normalized spacial score (nSPS) is 43.5. The number of benzene rings is 1. The number of rotatable bonds is 0. The van der Waals surface area contributed by atoms with Gasteiger partial charge in [-0.2, -0.15) is 0 Å². The van der Waals surface area contributed by atoms with Crippen LogP contribution in [0, 0.1) is 0 Å². The number of phenolic OH excluding ortho intramolecular Hbond substituents is 1. The number of anilines is 1. The second-order valence-electron chi connectivity index (χ2n) is 8.19. The molecule has 5 unspecified atom stereocenters. The molecule has 2 fully saturated rings. The molecule has 1 aromatic carbocycles. The van der Waals surface area contributed by atoms with Crippen LogP contribution in [0.15, 0.2) is 9.98 Å². The van der Waals surface area contributed by atoms with Gasteiger partial charge >= 0.3 is 0 Å². The van der Waals surface area contributed by atoms with Crippen molar-refractivity contribution in [2.75, 3.05) is 11.4 Å². The highest BCUT2D eigenvalue weighted by atomic mass is 32.2. The van der Waals surface area contributed by atoms with E-state index in [9.17, 15) is 15.3 Å². The van der Waals surface area contributed by atoms with E-state index in [1.165, 1.54) is 11.8 Å². The molecule has 6 nitrogen and oxygen atoms in total. The van der Waals surface area contributed by atoms with E-state index in [-0.39, 0.29) is 17.2 Å². The van der Waals surface area contributed by atoms with E-state index >= 15 is 0 Å². The first kappa shape index (κ1) is 13.6. The third-order valence-corrected chi connectivity index (χ3v) is 8.71. The van der Waals surface area contributed by atoms with Gasteiger partial charge in [0.25, 0.3) is 0 Å². The zero-order valence-electron chi connectivity index (χ0n) is 13.4. The van der Waals surface area contributed by atoms with Crippen LogP contribution in [0.1, 0.15) is 31.2 Å². The van der Waals surface area contributed by atoms with Crippen LogP contribution in [0.2, 0.25) is 0 Å². The van der Waals surface area contributed by atoms with Crippen LogP contribution in [0.3, 0.4) is 0 Å². The van der Waals surface area contributed by atoms with E-state index in [4.69, 9.17) is 4.99 Å². The summed E-state index contributed by atoms with van der Waals surface area (Å²) < 4.78 is 0. The monoisotopic (exact) mass is 355 g/mol. The number of hydrogen-bond donors (Lipinski definition) is 3. The molecule has 0 amide bonds. The molecule has 0 aromatic heterocycles. The van der Waals surface area contributed by atoms with Gasteiger partial charge in [0, 0.05) is 35.4 Å². The van der Waals surface area contributed by atoms with Crippen LogP contribution in [0.4, 0.5) is 11.4 Å². The second kappa shape index (κ2) is 3.75. The van der Waals surface area contributed by atoms with E-state index in [2.05, 4.69) is 9.89 Å². The van der Waals surface area contributed by atoms with Crippen molar-refractivity contribution in [3.63, 3.8) is 0 Å². The minimum Gasteiger partial charge on any atom is -0.504 e. The minimum absolute atomic E-state index is 0.0221. The number of phenols is 1. The molecule has 6 aliphatic rings. The highest BCUT2D eigenvalue weighted by Crippen LogP contribution is 2.67. The molecule has 7 heteroatoms. The minimum atomic E-state index is -1.01. The maximum atomic E-state index is 11.5. The van der Waals surface area contributed by atoms with Crippen molar-refractivity contribution in [2.24, 2.45) is 9.98 Å². The van der Waals surface area contributed by atoms with E-state index in [0.29, 0.717) is 17.5 Å². The van der Waals surface area contributed by atoms with Gasteiger partial charge in [0.1, 0.15) is 16.0 Å². The first-order valence-electron chi connectivity index (χ1n) is 8.92. The van der Waals surface area contributed by atoms with Crippen molar-refractivity contribution >= 4 is 34.9 Å². The topological polar surface area (TPSA) is 88.7 Å². The molecule has 5 heterocycles. The molecule has 1 aromatic rings. The lowest BCUT2D eigenvalue weighted by Gasteiger charge is -2.58. The second-order valence-corrected chi connectivity index (χ2v) is 9.64. The smallest absolute Gasteiger partial charge is 0.167 e. The number of aromatic hydroxyl groups is 1. The largest absolute Gasteiger partial charge is 0.504 e. The van der Waals surface area contributed by atoms with Crippen LogP contribution in [-0.2, 0) is 5.41 Å². The van der Waals surface area contributed by atoms with Gasteiger partial charge in [-0.15, -0.1) is 0 Å². The van der Waals surface area contributed by atoms with Crippen molar-refractivity contribution in [1.82, 2.24) is 0 Å². The number of aliphatic imine (C=N–C) groups is 1. The summed E-state index contributed by atoms with van der Waals surface area (Å²) in [6.07, 6.45) is 4.08. The zero-order chi connectivity index (χ0) is 16.7. The van der Waals surface area contributed by atoms with E-state index < -0.39 is 16.5 Å². The van der Waals surface area contributed by atoms with Crippen molar-refractivity contribution in [1.29, 1.82) is 0 Å². The van der Waals surface area contributed by atoms with Gasteiger partial charge in [0.2, 0.25) is 0 Å². The summed E-state index contributed by atoms with van der Waals surface area (Å²) in [4.78, 5) is 10.6. The lowest BCUT2D eigenvalue weighted by Crippen LogP contribution is -2.67. The molecule has 0 radical (unpaired) electrons. The zero-order valence-corrected chi connectivity index (χ0v) is 14.3. The lowest BCUT2D eigenvalue weighted by atomic mass is 9.58. The summed E-state index contributed by atoms with van der Waals surface area (Å²) in [5, 5.41) is 34.9. The first-order valence-corrected chi connectivity index (χ1v) is 9.80. The molecule has 1 saturated heterocycles. The van der Waals surface area contributed by atoms with Crippen molar-refractivity contribution < 1.29 is 15.3 Å². The molecule has 7 rings (SSSR count). The van der Waals surface area contributed by atoms with Gasteiger partial charge < -0.3 is 20.2 Å². The number of aliphatic hydroxyl groups is 2. The Kier molecular flexibility index (Phi) is 2.04. The molecular formula is C18H17N3O3S.